The lowest BCUT2D eigenvalue weighted by atomic mass is 10.1. The summed E-state index contributed by atoms with van der Waals surface area (Å²) in [5.74, 6) is 0. The zero-order valence-electron chi connectivity index (χ0n) is 15.9. The largest absolute Gasteiger partial charge is 0.679 e. The molecule has 0 rings (SSSR count). The minimum absolute atomic E-state index is 0.548. The van der Waals surface area contributed by atoms with Crippen molar-refractivity contribution in [3.05, 3.63) is 0 Å². The van der Waals surface area contributed by atoms with Gasteiger partial charge in [0.1, 0.15) is 0 Å². The average molecular weight is 353 g/mol. The van der Waals surface area contributed by atoms with Crippen molar-refractivity contribution in [1.29, 1.82) is 0 Å². The third-order valence-corrected chi connectivity index (χ3v) is 6.27. The topological polar surface area (TPSA) is 36.9 Å². The Morgan fingerprint density at radius 3 is 1.27 bits per heavy atom. The Kier molecular flexibility index (Phi) is 21.5. The normalized spacial score (nSPS) is 11.3. The van der Waals surface area contributed by atoms with Gasteiger partial charge in [0.2, 0.25) is 0 Å². The molecule has 136 valence electrons. The van der Waals surface area contributed by atoms with E-state index in [4.69, 9.17) is 17.7 Å². The summed E-state index contributed by atoms with van der Waals surface area (Å²) >= 11 is 0. The van der Waals surface area contributed by atoms with Crippen LogP contribution >= 0.6 is 0 Å². The van der Waals surface area contributed by atoms with Crippen molar-refractivity contribution < 1.29 is 17.7 Å². The second kappa shape index (κ2) is 19.3. The maximum atomic E-state index is 5.42. The summed E-state index contributed by atoms with van der Waals surface area (Å²) in [5, 5.41) is 0. The van der Waals surface area contributed by atoms with Crippen molar-refractivity contribution in [2.75, 3.05) is 26.4 Å². The highest BCUT2D eigenvalue weighted by atomic mass is 28.4. The molecule has 0 aliphatic heterocycles. The highest BCUT2D eigenvalue weighted by Crippen LogP contribution is 2.11. The molecule has 0 saturated carbocycles. The molecule has 6 heteroatoms. The summed E-state index contributed by atoms with van der Waals surface area (Å²) < 4.78 is 21.7. The molecule has 0 fully saturated rings. The van der Waals surface area contributed by atoms with E-state index in [9.17, 15) is 0 Å². The van der Waals surface area contributed by atoms with Crippen molar-refractivity contribution >= 4 is 19.3 Å². The number of hydrogen-bond donors (Lipinski definition) is 0. The minimum Gasteiger partial charge on any atom is -0.351 e. The molecule has 4 nitrogen and oxygen atoms in total. The molecule has 0 N–H and O–H groups in total. The van der Waals surface area contributed by atoms with Crippen LogP contribution in [0.15, 0.2) is 0 Å². The Morgan fingerprint density at radius 2 is 0.955 bits per heavy atom. The molecule has 0 amide bonds. The summed E-state index contributed by atoms with van der Waals surface area (Å²) in [6.45, 7) is 12.1. The van der Waals surface area contributed by atoms with Crippen LogP contribution in [0.5, 0.6) is 0 Å². The second-order valence-corrected chi connectivity index (χ2v) is 8.15. The molecule has 0 heterocycles. The number of unbranched alkanes of at least 4 members (excludes halogenated alkanes) is 5. The fraction of sp³-hybridized carbons (Fsp3) is 1.00. The fourth-order valence-electron chi connectivity index (χ4n) is 1.99. The smallest absolute Gasteiger partial charge is 0.351 e. The zero-order valence-corrected chi connectivity index (χ0v) is 18.9. The van der Waals surface area contributed by atoms with E-state index >= 15 is 0 Å². The molecule has 0 aromatic heterocycles. The molecule has 0 unspecified atom stereocenters. The van der Waals surface area contributed by atoms with Gasteiger partial charge in [-0.1, -0.05) is 51.5 Å². The van der Waals surface area contributed by atoms with Crippen LogP contribution in [0, 0.1) is 0 Å². The number of rotatable bonds is 14. The van der Waals surface area contributed by atoms with E-state index in [1.165, 1.54) is 54.8 Å². The molecule has 0 spiro atoms. The van der Waals surface area contributed by atoms with E-state index in [0.717, 1.165) is 0 Å². The van der Waals surface area contributed by atoms with Gasteiger partial charge in [-0.15, -0.1) is 0 Å². The van der Waals surface area contributed by atoms with Gasteiger partial charge in [0.15, 0.2) is 0 Å². The van der Waals surface area contributed by atoms with E-state index in [0.29, 0.717) is 26.4 Å². The van der Waals surface area contributed by atoms with Gasteiger partial charge in [-0.3, -0.25) is 0 Å². The highest BCUT2D eigenvalue weighted by Gasteiger charge is 2.44. The van der Waals surface area contributed by atoms with Crippen molar-refractivity contribution in [2.24, 2.45) is 0 Å². The van der Waals surface area contributed by atoms with E-state index in [1.54, 1.807) is 0 Å². The second-order valence-electron chi connectivity index (χ2n) is 5.00. The maximum Gasteiger partial charge on any atom is 0.679 e. The van der Waals surface area contributed by atoms with E-state index in [-0.39, 0.29) is 0 Å². The molecule has 0 aromatic carbocycles. The van der Waals surface area contributed by atoms with Crippen molar-refractivity contribution in [1.82, 2.24) is 0 Å². The lowest BCUT2D eigenvalue weighted by Crippen LogP contribution is -2.49. The standard InChI is InChI=1S/C8H20O4Si.C8H20Si/c1-5-9-13(10-6-2,11-7-3)12-8-4;1-2-3-4-5-6-7-8-9/h5-8H2,1-4H3;2-8H2,1,9H3. The Balaban J connectivity index is 0. The summed E-state index contributed by atoms with van der Waals surface area (Å²) in [7, 11) is -1.39. The summed E-state index contributed by atoms with van der Waals surface area (Å²) in [4.78, 5) is 0. The molecule has 0 saturated heterocycles. The first-order valence-corrected chi connectivity index (χ1v) is 12.3. The predicted molar refractivity (Wildman–Crippen MR) is 100 cm³/mol. The summed E-state index contributed by atoms with van der Waals surface area (Å²) in [6.07, 6.45) is 8.76. The van der Waals surface area contributed by atoms with Gasteiger partial charge in [-0.2, -0.15) is 0 Å². The third-order valence-electron chi connectivity index (χ3n) is 2.99. The van der Waals surface area contributed by atoms with Crippen LogP contribution in [0.2, 0.25) is 6.04 Å². The molecule has 0 aromatic rings. The number of hydrogen-bond acceptors (Lipinski definition) is 4. The monoisotopic (exact) mass is 352 g/mol. The Labute approximate surface area is 143 Å². The van der Waals surface area contributed by atoms with E-state index < -0.39 is 9.05 Å². The molecule has 0 aliphatic carbocycles. The van der Waals surface area contributed by atoms with Crippen LogP contribution in [-0.2, 0) is 17.7 Å². The molecule has 0 aliphatic rings. The molecule has 0 radical (unpaired) electrons. The van der Waals surface area contributed by atoms with Crippen LogP contribution in [0.25, 0.3) is 0 Å². The van der Waals surface area contributed by atoms with Gasteiger partial charge in [-0.25, -0.2) is 0 Å². The van der Waals surface area contributed by atoms with Gasteiger partial charge in [0.25, 0.3) is 0 Å². The highest BCUT2D eigenvalue weighted by molar-refractivity contribution is 6.53. The summed E-state index contributed by atoms with van der Waals surface area (Å²) in [5.41, 5.74) is 0. The van der Waals surface area contributed by atoms with E-state index in [2.05, 4.69) is 6.92 Å². The van der Waals surface area contributed by atoms with Crippen LogP contribution in [0.1, 0.15) is 73.1 Å². The van der Waals surface area contributed by atoms with Crippen molar-refractivity contribution in [3.63, 3.8) is 0 Å². The van der Waals surface area contributed by atoms with Gasteiger partial charge < -0.3 is 17.7 Å². The Morgan fingerprint density at radius 1 is 0.591 bits per heavy atom. The van der Waals surface area contributed by atoms with Crippen LogP contribution in [0.4, 0.5) is 0 Å². The fourth-order valence-corrected chi connectivity index (χ4v) is 4.40. The van der Waals surface area contributed by atoms with Crippen molar-refractivity contribution in [3.8, 4) is 0 Å². The van der Waals surface area contributed by atoms with Gasteiger partial charge in [0.05, 0.1) is 0 Å². The van der Waals surface area contributed by atoms with Crippen molar-refractivity contribution in [2.45, 2.75) is 79.2 Å². The Hall–Kier alpha value is 0.274. The van der Waals surface area contributed by atoms with Gasteiger partial charge in [-0.05, 0) is 27.7 Å². The molecule has 0 bridgehead atoms. The SMILES string of the molecule is CCCCCCCC[SiH3].CCO[Si](OCC)(OCC)OCC. The van der Waals surface area contributed by atoms with Gasteiger partial charge in [0, 0.05) is 36.7 Å². The molecule has 0 atom stereocenters. The Bertz CT molecular complexity index is 171. The first kappa shape index (κ1) is 24.5. The maximum absolute atomic E-state index is 5.42. The third kappa shape index (κ3) is 15.2. The van der Waals surface area contributed by atoms with Crippen LogP contribution < -0.4 is 0 Å². The predicted octanol–water partition coefficient (Wildman–Crippen LogP) is 3.70. The molecular formula is C16H40O4Si2. The van der Waals surface area contributed by atoms with Crippen LogP contribution in [-0.4, -0.2) is 45.7 Å². The van der Waals surface area contributed by atoms with Crippen LogP contribution in [0.3, 0.4) is 0 Å². The first-order chi connectivity index (χ1) is 10.7. The zero-order chi connectivity index (χ0) is 17.1. The molecule has 22 heavy (non-hydrogen) atoms. The summed E-state index contributed by atoms with van der Waals surface area (Å²) in [6, 6.07) is 1.51. The lowest BCUT2D eigenvalue weighted by Gasteiger charge is -2.26. The quantitative estimate of drug-likeness (QED) is 0.353. The molecular weight excluding hydrogens is 312 g/mol. The van der Waals surface area contributed by atoms with E-state index in [1.807, 2.05) is 27.7 Å². The lowest BCUT2D eigenvalue weighted by molar-refractivity contribution is -0.0247. The minimum atomic E-state index is -2.80. The first-order valence-electron chi connectivity index (χ1n) is 9.21. The van der Waals surface area contributed by atoms with Gasteiger partial charge >= 0.3 is 9.05 Å². The average Bonchev–Trinajstić information content (AvgIpc) is 2.49.